The second-order valence-corrected chi connectivity index (χ2v) is 9.83. The first-order valence-corrected chi connectivity index (χ1v) is 13.4. The van der Waals surface area contributed by atoms with Gasteiger partial charge in [0.15, 0.2) is 6.39 Å². The Morgan fingerprint density at radius 3 is 2.59 bits per heavy atom. The fraction of sp³-hybridized carbons (Fsp3) is 0.121. The van der Waals surface area contributed by atoms with Crippen molar-refractivity contribution in [2.45, 2.75) is 19.6 Å². The van der Waals surface area contributed by atoms with E-state index in [1.807, 2.05) is 10.6 Å². The van der Waals surface area contributed by atoms with Gasteiger partial charge in [-0.05, 0) is 48.0 Å². The van der Waals surface area contributed by atoms with Crippen LogP contribution in [-0.4, -0.2) is 32.6 Å². The van der Waals surface area contributed by atoms with Crippen molar-refractivity contribution in [2.75, 3.05) is 7.11 Å². The van der Waals surface area contributed by atoms with Crippen LogP contribution < -0.4 is 4.74 Å². The Morgan fingerprint density at radius 2 is 1.84 bits per heavy atom. The highest BCUT2D eigenvalue weighted by atomic mass is 19.1. The molecule has 6 rings (SSSR count). The maximum absolute atomic E-state index is 15.5. The van der Waals surface area contributed by atoms with E-state index in [0.717, 1.165) is 6.07 Å². The zero-order valence-corrected chi connectivity index (χ0v) is 23.3. The van der Waals surface area contributed by atoms with Gasteiger partial charge in [0.2, 0.25) is 5.88 Å². The molecule has 0 aliphatic carbocycles. The first kappa shape index (κ1) is 28.2. The molecule has 0 aliphatic heterocycles. The Bertz CT molecular complexity index is 2030. The molecule has 0 saturated carbocycles. The number of carbonyl (C=O) groups excluding carboxylic acids is 1. The Kier molecular flexibility index (Phi) is 7.80. The number of hydrogen-bond donors (Lipinski definition) is 0. The van der Waals surface area contributed by atoms with Crippen LogP contribution in [-0.2, 0) is 24.3 Å². The van der Waals surface area contributed by atoms with Crippen LogP contribution in [0, 0.1) is 23.0 Å². The topological polar surface area (TPSA) is 116 Å². The Balaban J connectivity index is 1.25. The number of pyridine rings is 1. The van der Waals surface area contributed by atoms with Crippen LogP contribution in [0.5, 0.6) is 5.88 Å². The van der Waals surface area contributed by atoms with Crippen molar-refractivity contribution >= 4 is 17.0 Å². The van der Waals surface area contributed by atoms with Gasteiger partial charge >= 0.3 is 5.97 Å². The number of hydrogen-bond acceptors (Lipinski definition) is 8. The van der Waals surface area contributed by atoms with Crippen LogP contribution in [0.4, 0.5) is 8.78 Å². The fourth-order valence-electron chi connectivity index (χ4n) is 4.77. The summed E-state index contributed by atoms with van der Waals surface area (Å²) >= 11 is 0. The van der Waals surface area contributed by atoms with Gasteiger partial charge in [0.25, 0.3) is 0 Å². The maximum atomic E-state index is 15.5. The molecule has 0 amide bonds. The maximum Gasteiger partial charge on any atom is 0.337 e. The van der Waals surface area contributed by atoms with E-state index >= 15 is 4.39 Å². The van der Waals surface area contributed by atoms with Crippen LogP contribution in [0.1, 0.15) is 38.6 Å². The van der Waals surface area contributed by atoms with E-state index in [2.05, 4.69) is 9.97 Å². The van der Waals surface area contributed by atoms with Gasteiger partial charge in [0.05, 0.1) is 53.8 Å². The number of nitrogens with zero attached hydrogens (tertiary/aromatic N) is 5. The van der Waals surface area contributed by atoms with Crippen LogP contribution in [0.2, 0.25) is 0 Å². The molecule has 0 atom stereocenters. The predicted octanol–water partition coefficient (Wildman–Crippen LogP) is 6.24. The van der Waals surface area contributed by atoms with Gasteiger partial charge in [-0.1, -0.05) is 24.3 Å². The second-order valence-electron chi connectivity index (χ2n) is 9.83. The van der Waals surface area contributed by atoms with Gasteiger partial charge in [-0.15, -0.1) is 0 Å². The molecule has 0 spiro atoms. The average Bonchev–Trinajstić information content (AvgIpc) is 3.69. The molecule has 44 heavy (non-hydrogen) atoms. The molecule has 0 unspecified atom stereocenters. The number of carbonyl (C=O) groups is 1. The number of methoxy groups -OCH3 is 1. The molecule has 0 radical (unpaired) electrons. The van der Waals surface area contributed by atoms with E-state index < -0.39 is 17.6 Å². The minimum atomic E-state index is -0.545. The number of esters is 1. The number of oxazole rings is 1. The number of ether oxygens (including phenoxy) is 2. The Labute approximate surface area is 250 Å². The normalized spacial score (nSPS) is 11.0. The largest absolute Gasteiger partial charge is 0.473 e. The van der Waals surface area contributed by atoms with Gasteiger partial charge in [-0.2, -0.15) is 5.26 Å². The number of aromatic nitrogens is 4. The van der Waals surface area contributed by atoms with E-state index in [1.54, 1.807) is 54.7 Å². The summed E-state index contributed by atoms with van der Waals surface area (Å²) in [6, 6.07) is 21.0. The van der Waals surface area contributed by atoms with Crippen molar-refractivity contribution in [1.82, 2.24) is 19.5 Å². The molecular formula is C33H23F2N5O4. The van der Waals surface area contributed by atoms with Gasteiger partial charge in [0, 0.05) is 23.6 Å². The molecule has 0 saturated heterocycles. The molecule has 3 aromatic carbocycles. The molecule has 3 heterocycles. The highest BCUT2D eigenvalue weighted by Gasteiger charge is 2.18. The Hall–Kier alpha value is -5.89. The molecule has 0 N–H and O–H groups in total. The number of rotatable bonds is 9. The van der Waals surface area contributed by atoms with E-state index in [0.29, 0.717) is 45.0 Å². The lowest BCUT2D eigenvalue weighted by Gasteiger charge is -2.11. The number of benzene rings is 3. The monoisotopic (exact) mass is 591 g/mol. The highest BCUT2D eigenvalue weighted by Crippen LogP contribution is 2.26. The lowest BCUT2D eigenvalue weighted by molar-refractivity contribution is 0.0601. The zero-order chi connectivity index (χ0) is 30.6. The molecule has 0 aliphatic rings. The fourth-order valence-corrected chi connectivity index (χ4v) is 4.77. The van der Waals surface area contributed by atoms with Crippen LogP contribution >= 0.6 is 0 Å². The summed E-state index contributed by atoms with van der Waals surface area (Å²) in [7, 11) is 1.31. The summed E-state index contributed by atoms with van der Waals surface area (Å²) in [6.07, 6.45) is 3.07. The van der Waals surface area contributed by atoms with E-state index in [1.165, 1.54) is 31.7 Å². The molecule has 218 valence electrons. The van der Waals surface area contributed by atoms with Gasteiger partial charge in [0.1, 0.15) is 29.8 Å². The van der Waals surface area contributed by atoms with Gasteiger partial charge in [-0.3, -0.25) is 0 Å². The van der Waals surface area contributed by atoms with Gasteiger partial charge < -0.3 is 18.5 Å². The summed E-state index contributed by atoms with van der Waals surface area (Å²) in [5.74, 6) is -0.108. The van der Waals surface area contributed by atoms with Crippen LogP contribution in [0.15, 0.2) is 89.8 Å². The third-order valence-electron chi connectivity index (χ3n) is 7.02. The smallest absolute Gasteiger partial charge is 0.337 e. The van der Waals surface area contributed by atoms with Crippen molar-refractivity contribution in [1.29, 1.82) is 5.26 Å². The van der Waals surface area contributed by atoms with E-state index in [-0.39, 0.29) is 36.6 Å². The molecule has 0 fully saturated rings. The summed E-state index contributed by atoms with van der Waals surface area (Å²) in [6.45, 7) is 0.191. The van der Waals surface area contributed by atoms with Crippen LogP contribution in [0.25, 0.3) is 22.3 Å². The summed E-state index contributed by atoms with van der Waals surface area (Å²) < 4.78 is 47.6. The molecule has 0 bridgehead atoms. The summed E-state index contributed by atoms with van der Waals surface area (Å²) in [5, 5.41) is 8.92. The lowest BCUT2D eigenvalue weighted by atomic mass is 10.1. The summed E-state index contributed by atoms with van der Waals surface area (Å²) in [4.78, 5) is 25.3. The Morgan fingerprint density at radius 1 is 1.00 bits per heavy atom. The number of imidazole rings is 1. The minimum absolute atomic E-state index is 0.0858. The van der Waals surface area contributed by atoms with Crippen molar-refractivity contribution in [3.05, 3.63) is 131 Å². The quantitative estimate of drug-likeness (QED) is 0.182. The SMILES string of the molecule is COC(=O)c1ccc2nc(Cc3ccc(-c4cccc(OCc5ccc(C#N)cc5F)n4)cc3F)n(Cc3cnco3)c2c1. The molecular weight excluding hydrogens is 568 g/mol. The van der Waals surface area contributed by atoms with E-state index in [4.69, 9.17) is 24.1 Å². The molecule has 6 aromatic rings. The third-order valence-corrected chi connectivity index (χ3v) is 7.02. The summed E-state index contributed by atoms with van der Waals surface area (Å²) in [5.41, 5.74) is 3.56. The highest BCUT2D eigenvalue weighted by molar-refractivity contribution is 5.93. The molecule has 11 heteroatoms. The third kappa shape index (κ3) is 5.87. The average molecular weight is 592 g/mol. The number of nitriles is 1. The standard InChI is InChI=1S/C33H23F2N5O4/c1-42-33(41)23-9-10-29-30(13-23)40(17-25-16-37-19-44-25)31(38-29)14-21-7-8-22(12-27(21)35)28-3-2-4-32(39-28)43-18-24-6-5-20(15-36)11-26(24)34/h2-13,16,19H,14,17-18H2,1H3. The zero-order valence-electron chi connectivity index (χ0n) is 23.3. The number of fused-ring (bicyclic) bond motifs is 1. The van der Waals surface area contributed by atoms with Crippen molar-refractivity contribution < 1.29 is 27.5 Å². The van der Waals surface area contributed by atoms with Crippen molar-refractivity contribution in [3.63, 3.8) is 0 Å². The minimum Gasteiger partial charge on any atom is -0.473 e. The van der Waals surface area contributed by atoms with Crippen molar-refractivity contribution in [2.24, 2.45) is 0 Å². The molecule has 9 nitrogen and oxygen atoms in total. The predicted molar refractivity (Wildman–Crippen MR) is 155 cm³/mol. The van der Waals surface area contributed by atoms with Crippen LogP contribution in [0.3, 0.4) is 0 Å². The molecule has 3 aromatic heterocycles. The lowest BCUT2D eigenvalue weighted by Crippen LogP contribution is -2.07. The van der Waals surface area contributed by atoms with Gasteiger partial charge in [-0.25, -0.2) is 28.5 Å². The second kappa shape index (κ2) is 12.1. The van der Waals surface area contributed by atoms with E-state index in [9.17, 15) is 9.18 Å². The van der Waals surface area contributed by atoms with Crippen molar-refractivity contribution in [3.8, 4) is 23.2 Å². The number of halogens is 2. The first-order valence-electron chi connectivity index (χ1n) is 13.4. The first-order chi connectivity index (χ1) is 21.4.